The van der Waals surface area contributed by atoms with E-state index >= 15 is 0 Å². The molecule has 0 bridgehead atoms. The molecule has 1 atom stereocenters. The summed E-state index contributed by atoms with van der Waals surface area (Å²) in [7, 11) is 0. The number of hydrogen-bond acceptors (Lipinski definition) is 4. The van der Waals surface area contributed by atoms with Crippen molar-refractivity contribution in [1.29, 1.82) is 0 Å². The van der Waals surface area contributed by atoms with Gasteiger partial charge in [-0.05, 0) is 26.3 Å². The fraction of sp³-hybridized carbons (Fsp3) is 0.444. The van der Waals surface area contributed by atoms with Crippen molar-refractivity contribution in [3.05, 3.63) is 40.2 Å². The average molecular weight is 329 g/mol. The molecule has 1 saturated heterocycles. The van der Waals surface area contributed by atoms with E-state index in [-0.39, 0.29) is 5.91 Å². The largest absolute Gasteiger partial charge is 0.356 e. The van der Waals surface area contributed by atoms with Crippen LogP contribution >= 0.6 is 11.3 Å². The number of carbonyl (C=O) groups is 1. The SMILES string of the molecule is Cc1sc(CCNC(=O)CC2CCCN2)nc1-c1ccccc1. The van der Waals surface area contributed by atoms with Crippen LogP contribution in [0.5, 0.6) is 0 Å². The molecule has 1 aliphatic heterocycles. The van der Waals surface area contributed by atoms with Crippen molar-refractivity contribution in [2.24, 2.45) is 0 Å². The Bertz CT molecular complexity index is 648. The molecule has 0 radical (unpaired) electrons. The summed E-state index contributed by atoms with van der Waals surface area (Å²) >= 11 is 1.72. The summed E-state index contributed by atoms with van der Waals surface area (Å²) in [6.45, 7) is 3.80. The van der Waals surface area contributed by atoms with Crippen LogP contribution in [-0.2, 0) is 11.2 Å². The molecule has 1 fully saturated rings. The van der Waals surface area contributed by atoms with Gasteiger partial charge in [0.15, 0.2) is 0 Å². The highest BCUT2D eigenvalue weighted by atomic mass is 32.1. The number of amides is 1. The Morgan fingerprint density at radius 1 is 1.39 bits per heavy atom. The number of aromatic nitrogens is 1. The van der Waals surface area contributed by atoms with Gasteiger partial charge in [-0.25, -0.2) is 4.98 Å². The van der Waals surface area contributed by atoms with Gasteiger partial charge in [0, 0.05) is 35.9 Å². The fourth-order valence-corrected chi connectivity index (χ4v) is 3.91. The zero-order valence-corrected chi connectivity index (χ0v) is 14.3. The first-order chi connectivity index (χ1) is 11.2. The molecule has 2 N–H and O–H groups in total. The molecule has 23 heavy (non-hydrogen) atoms. The highest BCUT2D eigenvalue weighted by Crippen LogP contribution is 2.27. The van der Waals surface area contributed by atoms with E-state index < -0.39 is 0 Å². The lowest BCUT2D eigenvalue weighted by atomic mass is 10.1. The molecule has 122 valence electrons. The number of thiazole rings is 1. The van der Waals surface area contributed by atoms with Gasteiger partial charge < -0.3 is 10.6 Å². The van der Waals surface area contributed by atoms with E-state index in [1.54, 1.807) is 11.3 Å². The normalized spacial score (nSPS) is 17.3. The summed E-state index contributed by atoms with van der Waals surface area (Å²) in [5.41, 5.74) is 2.22. The minimum atomic E-state index is 0.140. The van der Waals surface area contributed by atoms with E-state index in [1.807, 2.05) is 18.2 Å². The third-order valence-corrected chi connectivity index (χ3v) is 5.17. The van der Waals surface area contributed by atoms with E-state index in [9.17, 15) is 4.79 Å². The summed E-state index contributed by atoms with van der Waals surface area (Å²) in [4.78, 5) is 17.9. The lowest BCUT2D eigenvalue weighted by Crippen LogP contribution is -2.32. The van der Waals surface area contributed by atoms with Gasteiger partial charge in [0.25, 0.3) is 0 Å². The van der Waals surface area contributed by atoms with Gasteiger partial charge in [-0.1, -0.05) is 30.3 Å². The number of hydrogen-bond donors (Lipinski definition) is 2. The molecule has 1 aromatic carbocycles. The summed E-state index contributed by atoms with van der Waals surface area (Å²) in [6.07, 6.45) is 3.67. The molecule has 0 spiro atoms. The Labute approximate surface area is 141 Å². The van der Waals surface area contributed by atoms with Crippen molar-refractivity contribution >= 4 is 17.2 Å². The standard InChI is InChI=1S/C18H23N3OS/c1-13-18(14-6-3-2-4-7-14)21-17(23-13)9-11-20-16(22)12-15-8-5-10-19-15/h2-4,6-7,15,19H,5,8-12H2,1H3,(H,20,22). The maximum atomic E-state index is 11.9. The van der Waals surface area contributed by atoms with Crippen molar-refractivity contribution in [2.45, 2.75) is 38.6 Å². The fourth-order valence-electron chi connectivity index (χ4n) is 2.96. The Morgan fingerprint density at radius 3 is 2.96 bits per heavy atom. The van der Waals surface area contributed by atoms with Crippen LogP contribution in [0.25, 0.3) is 11.3 Å². The van der Waals surface area contributed by atoms with Gasteiger partial charge in [-0.15, -0.1) is 11.3 Å². The number of nitrogens with one attached hydrogen (secondary N) is 2. The van der Waals surface area contributed by atoms with E-state index in [0.717, 1.165) is 35.7 Å². The van der Waals surface area contributed by atoms with Gasteiger partial charge in [0.2, 0.25) is 5.91 Å². The van der Waals surface area contributed by atoms with Crippen LogP contribution in [0.15, 0.2) is 30.3 Å². The molecule has 1 amide bonds. The Morgan fingerprint density at radius 2 is 2.22 bits per heavy atom. The van der Waals surface area contributed by atoms with Gasteiger partial charge in [-0.2, -0.15) is 0 Å². The third kappa shape index (κ3) is 4.39. The Balaban J connectivity index is 1.50. The van der Waals surface area contributed by atoms with Crippen molar-refractivity contribution in [3.63, 3.8) is 0 Å². The van der Waals surface area contributed by atoms with Gasteiger partial charge in [0.1, 0.15) is 0 Å². The first kappa shape index (κ1) is 16.1. The van der Waals surface area contributed by atoms with Crippen LogP contribution in [0.2, 0.25) is 0 Å². The molecule has 1 aliphatic rings. The second-order valence-electron chi connectivity index (χ2n) is 5.98. The summed E-state index contributed by atoms with van der Waals surface area (Å²) < 4.78 is 0. The molecule has 3 rings (SSSR count). The van der Waals surface area contributed by atoms with E-state index in [2.05, 4.69) is 29.7 Å². The first-order valence-corrected chi connectivity index (χ1v) is 9.06. The van der Waals surface area contributed by atoms with Crippen LogP contribution in [0, 0.1) is 6.92 Å². The Kier molecular flexibility index (Phi) is 5.41. The molecule has 0 saturated carbocycles. The monoisotopic (exact) mass is 329 g/mol. The topological polar surface area (TPSA) is 54.0 Å². The lowest BCUT2D eigenvalue weighted by molar-refractivity contribution is -0.121. The summed E-state index contributed by atoms with van der Waals surface area (Å²) in [5.74, 6) is 0.140. The second kappa shape index (κ2) is 7.70. The number of carbonyl (C=O) groups excluding carboxylic acids is 1. The van der Waals surface area contributed by atoms with Gasteiger partial charge in [-0.3, -0.25) is 4.79 Å². The number of benzene rings is 1. The van der Waals surface area contributed by atoms with E-state index in [0.29, 0.717) is 19.0 Å². The number of aryl methyl sites for hydroxylation is 1. The number of rotatable bonds is 6. The van der Waals surface area contributed by atoms with Crippen LogP contribution < -0.4 is 10.6 Å². The second-order valence-corrected chi connectivity index (χ2v) is 7.26. The molecule has 0 aliphatic carbocycles. The van der Waals surface area contributed by atoms with Gasteiger partial charge >= 0.3 is 0 Å². The molecular formula is C18H23N3OS. The van der Waals surface area contributed by atoms with E-state index in [1.165, 1.54) is 11.3 Å². The van der Waals surface area contributed by atoms with Crippen LogP contribution in [0.4, 0.5) is 0 Å². The minimum Gasteiger partial charge on any atom is -0.356 e. The molecule has 4 nitrogen and oxygen atoms in total. The van der Waals surface area contributed by atoms with Crippen molar-refractivity contribution in [1.82, 2.24) is 15.6 Å². The maximum Gasteiger partial charge on any atom is 0.221 e. The molecule has 1 unspecified atom stereocenters. The third-order valence-electron chi connectivity index (χ3n) is 4.14. The van der Waals surface area contributed by atoms with Crippen molar-refractivity contribution < 1.29 is 4.79 Å². The zero-order valence-electron chi connectivity index (χ0n) is 13.5. The number of nitrogens with zero attached hydrogens (tertiary/aromatic N) is 1. The predicted molar refractivity (Wildman–Crippen MR) is 94.6 cm³/mol. The Hall–Kier alpha value is -1.72. The highest BCUT2D eigenvalue weighted by Gasteiger charge is 2.17. The van der Waals surface area contributed by atoms with Crippen molar-refractivity contribution in [3.8, 4) is 11.3 Å². The summed E-state index contributed by atoms with van der Waals surface area (Å²) in [5, 5.41) is 7.45. The lowest BCUT2D eigenvalue weighted by Gasteiger charge is -2.09. The van der Waals surface area contributed by atoms with Crippen LogP contribution in [0.3, 0.4) is 0 Å². The summed E-state index contributed by atoms with van der Waals surface area (Å²) in [6, 6.07) is 10.6. The molecule has 5 heteroatoms. The minimum absolute atomic E-state index is 0.140. The molecule has 2 aromatic rings. The quantitative estimate of drug-likeness (QED) is 0.857. The first-order valence-electron chi connectivity index (χ1n) is 8.24. The van der Waals surface area contributed by atoms with Gasteiger partial charge in [0.05, 0.1) is 10.7 Å². The maximum absolute atomic E-state index is 11.9. The highest BCUT2D eigenvalue weighted by molar-refractivity contribution is 7.12. The predicted octanol–water partition coefficient (Wildman–Crippen LogP) is 2.92. The van der Waals surface area contributed by atoms with Crippen LogP contribution in [-0.4, -0.2) is 30.0 Å². The van der Waals surface area contributed by atoms with Crippen LogP contribution in [0.1, 0.15) is 29.1 Å². The molecular weight excluding hydrogens is 306 g/mol. The zero-order chi connectivity index (χ0) is 16.1. The molecule has 2 heterocycles. The van der Waals surface area contributed by atoms with E-state index in [4.69, 9.17) is 4.98 Å². The molecule has 1 aromatic heterocycles. The van der Waals surface area contributed by atoms with Crippen molar-refractivity contribution in [2.75, 3.05) is 13.1 Å². The average Bonchev–Trinajstić information content (AvgIpc) is 3.18. The smallest absolute Gasteiger partial charge is 0.221 e.